The molecule has 0 radical (unpaired) electrons. The molecule has 0 unspecified atom stereocenters. The summed E-state index contributed by atoms with van der Waals surface area (Å²) >= 11 is 0. The van der Waals surface area contributed by atoms with Gasteiger partial charge < -0.3 is 4.74 Å². The van der Waals surface area contributed by atoms with E-state index in [1.807, 2.05) is 0 Å². The predicted molar refractivity (Wildman–Crippen MR) is 35.6 cm³/mol. The lowest BCUT2D eigenvalue weighted by molar-refractivity contribution is -0.276. The van der Waals surface area contributed by atoms with Gasteiger partial charge >= 0.3 is 6.36 Å². The van der Waals surface area contributed by atoms with Crippen LogP contribution in [0.1, 0.15) is 5.56 Å². The van der Waals surface area contributed by atoms with Crippen molar-refractivity contribution in [3.63, 3.8) is 0 Å². The highest BCUT2D eigenvalue weighted by molar-refractivity contribution is 5.21. The van der Waals surface area contributed by atoms with E-state index in [1.54, 1.807) is 0 Å². The smallest absolute Gasteiger partial charge is 0.388 e. The minimum Gasteiger partial charge on any atom is -0.388 e. The van der Waals surface area contributed by atoms with E-state index in [2.05, 4.69) is 9.72 Å². The SMILES string of the molecule is Cc1cc(OC(F)(F)F)nc(F)c1F. The number of aryl methyl sites for hydroxylation is 1. The number of aromatic nitrogens is 1. The first kappa shape index (κ1) is 10.7. The lowest BCUT2D eigenvalue weighted by Crippen LogP contribution is -2.18. The van der Waals surface area contributed by atoms with Gasteiger partial charge in [0.1, 0.15) is 0 Å². The zero-order chi connectivity index (χ0) is 10.9. The molecular formula is C7H4F5NO. The normalized spacial score (nSPS) is 11.6. The van der Waals surface area contributed by atoms with Gasteiger partial charge in [-0.15, -0.1) is 13.2 Å². The monoisotopic (exact) mass is 213 g/mol. The molecule has 0 atom stereocenters. The van der Waals surface area contributed by atoms with Gasteiger partial charge in [0.15, 0.2) is 5.82 Å². The van der Waals surface area contributed by atoms with Crippen LogP contribution in [0.4, 0.5) is 22.0 Å². The van der Waals surface area contributed by atoms with Gasteiger partial charge in [-0.05, 0) is 12.5 Å². The minimum atomic E-state index is -4.97. The lowest BCUT2D eigenvalue weighted by Gasteiger charge is -2.08. The lowest BCUT2D eigenvalue weighted by atomic mass is 10.3. The summed E-state index contributed by atoms with van der Waals surface area (Å²) in [5.41, 5.74) is -0.309. The number of halogens is 5. The van der Waals surface area contributed by atoms with Crippen molar-refractivity contribution in [1.82, 2.24) is 4.98 Å². The number of ether oxygens (including phenoxy) is 1. The first-order chi connectivity index (χ1) is 6.29. The largest absolute Gasteiger partial charge is 0.574 e. The number of alkyl halides is 3. The Bertz CT molecular complexity index is 325. The zero-order valence-electron chi connectivity index (χ0n) is 6.82. The maximum atomic E-state index is 12.6. The maximum absolute atomic E-state index is 12.6. The van der Waals surface area contributed by atoms with E-state index in [9.17, 15) is 22.0 Å². The third-order valence-electron chi connectivity index (χ3n) is 1.30. The molecular weight excluding hydrogens is 209 g/mol. The van der Waals surface area contributed by atoms with Crippen LogP contribution in [0.15, 0.2) is 6.07 Å². The number of hydrogen-bond acceptors (Lipinski definition) is 2. The third kappa shape index (κ3) is 2.54. The van der Waals surface area contributed by atoms with Crippen molar-refractivity contribution in [2.45, 2.75) is 13.3 Å². The van der Waals surface area contributed by atoms with E-state index in [4.69, 9.17) is 0 Å². The van der Waals surface area contributed by atoms with E-state index in [0.29, 0.717) is 6.07 Å². The van der Waals surface area contributed by atoms with Crippen LogP contribution in [0.2, 0.25) is 0 Å². The molecule has 14 heavy (non-hydrogen) atoms. The van der Waals surface area contributed by atoms with Crippen LogP contribution in [-0.4, -0.2) is 11.3 Å². The molecule has 0 aliphatic rings. The predicted octanol–water partition coefficient (Wildman–Crippen LogP) is 2.57. The Morgan fingerprint density at radius 2 is 1.86 bits per heavy atom. The summed E-state index contributed by atoms with van der Waals surface area (Å²) in [6.45, 7) is 1.10. The molecule has 0 saturated heterocycles. The van der Waals surface area contributed by atoms with Gasteiger partial charge in [0.2, 0.25) is 5.88 Å². The number of rotatable bonds is 1. The third-order valence-corrected chi connectivity index (χ3v) is 1.30. The summed E-state index contributed by atoms with van der Waals surface area (Å²) in [4.78, 5) is 2.64. The van der Waals surface area contributed by atoms with Crippen molar-refractivity contribution in [3.8, 4) is 5.88 Å². The molecule has 1 heterocycles. The Morgan fingerprint density at radius 3 is 2.29 bits per heavy atom. The van der Waals surface area contributed by atoms with Crippen molar-refractivity contribution < 1.29 is 26.7 Å². The van der Waals surface area contributed by atoms with Crippen molar-refractivity contribution in [2.75, 3.05) is 0 Å². The number of hydrogen-bond donors (Lipinski definition) is 0. The van der Waals surface area contributed by atoms with Crippen LogP contribution in [0.3, 0.4) is 0 Å². The highest BCUT2D eigenvalue weighted by Gasteiger charge is 2.32. The van der Waals surface area contributed by atoms with Gasteiger partial charge in [0.25, 0.3) is 5.95 Å². The average molecular weight is 213 g/mol. The molecule has 1 aromatic heterocycles. The van der Waals surface area contributed by atoms with Crippen LogP contribution < -0.4 is 4.74 Å². The van der Waals surface area contributed by atoms with Gasteiger partial charge in [0, 0.05) is 6.07 Å². The molecule has 78 valence electrons. The average Bonchev–Trinajstić information content (AvgIpc) is 1.96. The van der Waals surface area contributed by atoms with Crippen LogP contribution >= 0.6 is 0 Å². The standard InChI is InChI=1S/C7H4F5NO/c1-3-2-4(14-7(10,11)12)13-6(9)5(3)8/h2H,1H3. The van der Waals surface area contributed by atoms with Crippen LogP contribution in [-0.2, 0) is 0 Å². The molecule has 0 aliphatic heterocycles. The molecule has 0 N–H and O–H groups in total. The summed E-state index contributed by atoms with van der Waals surface area (Å²) < 4.78 is 63.2. The number of pyridine rings is 1. The van der Waals surface area contributed by atoms with Gasteiger partial charge in [-0.1, -0.05) is 0 Å². The Labute approximate surface area is 75.3 Å². The highest BCUT2D eigenvalue weighted by atomic mass is 19.4. The molecule has 0 fully saturated rings. The Kier molecular flexibility index (Phi) is 2.59. The van der Waals surface area contributed by atoms with E-state index >= 15 is 0 Å². The second-order valence-corrected chi connectivity index (χ2v) is 2.43. The van der Waals surface area contributed by atoms with Crippen molar-refractivity contribution in [1.29, 1.82) is 0 Å². The van der Waals surface area contributed by atoms with Crippen LogP contribution in [0, 0.1) is 18.7 Å². The first-order valence-electron chi connectivity index (χ1n) is 3.38. The van der Waals surface area contributed by atoms with Crippen molar-refractivity contribution >= 4 is 0 Å². The maximum Gasteiger partial charge on any atom is 0.574 e. The van der Waals surface area contributed by atoms with E-state index in [-0.39, 0.29) is 5.56 Å². The molecule has 0 aromatic carbocycles. The Morgan fingerprint density at radius 1 is 1.29 bits per heavy atom. The molecule has 0 bridgehead atoms. The van der Waals surface area contributed by atoms with Crippen LogP contribution in [0.25, 0.3) is 0 Å². The van der Waals surface area contributed by atoms with Crippen molar-refractivity contribution in [2.24, 2.45) is 0 Å². The molecule has 1 aromatic rings. The Balaban J connectivity index is 3.02. The van der Waals surface area contributed by atoms with E-state index < -0.39 is 24.0 Å². The fourth-order valence-corrected chi connectivity index (χ4v) is 0.760. The van der Waals surface area contributed by atoms with Crippen LogP contribution in [0.5, 0.6) is 5.88 Å². The summed E-state index contributed by atoms with van der Waals surface area (Å²) in [7, 11) is 0. The molecule has 0 saturated carbocycles. The number of nitrogens with zero attached hydrogens (tertiary/aromatic N) is 1. The second kappa shape index (κ2) is 3.39. The quantitative estimate of drug-likeness (QED) is 0.528. The van der Waals surface area contributed by atoms with Gasteiger partial charge in [-0.2, -0.15) is 9.37 Å². The molecule has 0 amide bonds. The summed E-state index contributed by atoms with van der Waals surface area (Å²) in [6, 6.07) is 0.659. The van der Waals surface area contributed by atoms with Gasteiger partial charge in [-0.25, -0.2) is 4.39 Å². The summed E-state index contributed by atoms with van der Waals surface area (Å²) in [6.07, 6.45) is -4.97. The highest BCUT2D eigenvalue weighted by Crippen LogP contribution is 2.23. The van der Waals surface area contributed by atoms with E-state index in [0.717, 1.165) is 6.92 Å². The van der Waals surface area contributed by atoms with Gasteiger partial charge in [-0.3, -0.25) is 0 Å². The molecule has 0 spiro atoms. The van der Waals surface area contributed by atoms with Crippen molar-refractivity contribution in [3.05, 3.63) is 23.4 Å². The summed E-state index contributed by atoms with van der Waals surface area (Å²) in [5, 5.41) is 0. The molecule has 7 heteroatoms. The molecule has 2 nitrogen and oxygen atoms in total. The summed E-state index contributed by atoms with van der Waals surface area (Å²) in [5.74, 6) is -3.93. The molecule has 1 rings (SSSR count). The fourth-order valence-electron chi connectivity index (χ4n) is 0.760. The Hall–Kier alpha value is -1.40. The topological polar surface area (TPSA) is 22.1 Å². The second-order valence-electron chi connectivity index (χ2n) is 2.43. The van der Waals surface area contributed by atoms with E-state index in [1.165, 1.54) is 0 Å². The fraction of sp³-hybridized carbons (Fsp3) is 0.286. The zero-order valence-corrected chi connectivity index (χ0v) is 6.82. The first-order valence-corrected chi connectivity index (χ1v) is 3.38. The van der Waals surface area contributed by atoms with Gasteiger partial charge in [0.05, 0.1) is 0 Å². The molecule has 0 aliphatic carbocycles. The minimum absolute atomic E-state index is 0.309.